The molecule has 2 aromatic rings. The van der Waals surface area contributed by atoms with Crippen molar-refractivity contribution < 1.29 is 19.1 Å². The molecule has 150 valence electrons. The Kier molecular flexibility index (Phi) is 6.86. The highest BCUT2D eigenvalue weighted by Crippen LogP contribution is 2.40. The van der Waals surface area contributed by atoms with Crippen molar-refractivity contribution in [2.24, 2.45) is 5.92 Å². The van der Waals surface area contributed by atoms with E-state index in [9.17, 15) is 9.59 Å². The summed E-state index contributed by atoms with van der Waals surface area (Å²) in [4.78, 5) is 26.1. The van der Waals surface area contributed by atoms with Crippen LogP contribution in [0, 0.1) is 5.92 Å². The molecule has 3 rings (SSSR count). The smallest absolute Gasteiger partial charge is 0.341 e. The van der Waals surface area contributed by atoms with E-state index in [-0.39, 0.29) is 19.1 Å². The zero-order valence-electron chi connectivity index (χ0n) is 15.6. The van der Waals surface area contributed by atoms with Gasteiger partial charge in [0.25, 0.3) is 5.91 Å². The molecule has 0 bridgehead atoms. The highest BCUT2D eigenvalue weighted by Gasteiger charge is 2.29. The van der Waals surface area contributed by atoms with Crippen molar-refractivity contribution in [1.29, 1.82) is 0 Å². The molecule has 5 nitrogen and oxygen atoms in total. The minimum atomic E-state index is -0.397. The predicted molar refractivity (Wildman–Crippen MR) is 112 cm³/mol. The van der Waals surface area contributed by atoms with E-state index < -0.39 is 5.97 Å². The van der Waals surface area contributed by atoms with Gasteiger partial charge in [-0.2, -0.15) is 0 Å². The van der Waals surface area contributed by atoms with E-state index in [2.05, 4.69) is 12.2 Å². The lowest BCUT2D eigenvalue weighted by atomic mass is 9.88. The monoisotopic (exact) mass is 441 g/mol. The minimum absolute atomic E-state index is 0.234. The second kappa shape index (κ2) is 9.16. The van der Waals surface area contributed by atoms with Gasteiger partial charge in [-0.1, -0.05) is 30.1 Å². The third kappa shape index (κ3) is 4.80. The topological polar surface area (TPSA) is 64.6 Å². The van der Waals surface area contributed by atoms with Crippen molar-refractivity contribution >= 4 is 51.4 Å². The summed E-state index contributed by atoms with van der Waals surface area (Å²) < 4.78 is 10.7. The number of fused-ring (bicyclic) bond motifs is 1. The van der Waals surface area contributed by atoms with Crippen molar-refractivity contribution in [2.45, 2.75) is 33.1 Å². The molecule has 0 unspecified atom stereocenters. The highest BCUT2D eigenvalue weighted by molar-refractivity contribution is 7.17. The van der Waals surface area contributed by atoms with Gasteiger partial charge < -0.3 is 14.8 Å². The summed E-state index contributed by atoms with van der Waals surface area (Å²) >= 11 is 13.4. The third-order valence-corrected chi connectivity index (χ3v) is 6.20. The molecule has 1 aromatic heterocycles. The van der Waals surface area contributed by atoms with E-state index in [1.807, 2.05) is 0 Å². The Morgan fingerprint density at radius 3 is 2.82 bits per heavy atom. The van der Waals surface area contributed by atoms with Crippen LogP contribution < -0.4 is 10.1 Å². The molecule has 0 saturated heterocycles. The Morgan fingerprint density at radius 1 is 1.32 bits per heavy atom. The van der Waals surface area contributed by atoms with E-state index in [1.54, 1.807) is 25.1 Å². The van der Waals surface area contributed by atoms with Crippen LogP contribution in [-0.2, 0) is 22.4 Å². The van der Waals surface area contributed by atoms with Crippen LogP contribution >= 0.6 is 34.5 Å². The number of esters is 1. The van der Waals surface area contributed by atoms with Gasteiger partial charge in [-0.25, -0.2) is 4.79 Å². The average molecular weight is 442 g/mol. The van der Waals surface area contributed by atoms with E-state index >= 15 is 0 Å². The SMILES string of the molecule is CCOC(=O)c1c(NC(=O)COc2ccc(Cl)cc2Cl)sc2c1CC[C@H](C)C2. The summed E-state index contributed by atoms with van der Waals surface area (Å²) in [7, 11) is 0. The van der Waals surface area contributed by atoms with Crippen LogP contribution in [0.15, 0.2) is 18.2 Å². The number of ether oxygens (including phenoxy) is 2. The molecule has 1 N–H and O–H groups in total. The minimum Gasteiger partial charge on any atom is -0.482 e. The summed E-state index contributed by atoms with van der Waals surface area (Å²) in [6, 6.07) is 4.78. The van der Waals surface area contributed by atoms with Gasteiger partial charge in [0, 0.05) is 9.90 Å². The van der Waals surface area contributed by atoms with E-state index in [0.29, 0.717) is 32.3 Å². The van der Waals surface area contributed by atoms with Crippen LogP contribution in [0.4, 0.5) is 5.00 Å². The first-order chi connectivity index (χ1) is 13.4. The number of carbonyl (C=O) groups excluding carboxylic acids is 2. The number of anilines is 1. The summed E-state index contributed by atoms with van der Waals surface area (Å²) in [5.41, 5.74) is 1.48. The fourth-order valence-corrected chi connectivity index (χ4v) is 5.03. The van der Waals surface area contributed by atoms with Gasteiger partial charge in [-0.3, -0.25) is 4.79 Å². The molecular formula is C20H21Cl2NO4S. The number of rotatable bonds is 6. The van der Waals surface area contributed by atoms with Crippen molar-refractivity contribution in [3.63, 3.8) is 0 Å². The van der Waals surface area contributed by atoms with Gasteiger partial charge in [0.1, 0.15) is 10.8 Å². The molecule has 1 aromatic carbocycles. The number of nitrogens with one attached hydrogen (secondary N) is 1. The van der Waals surface area contributed by atoms with Crippen molar-refractivity contribution in [2.75, 3.05) is 18.5 Å². The maximum absolute atomic E-state index is 12.5. The van der Waals surface area contributed by atoms with Gasteiger partial charge in [-0.15, -0.1) is 11.3 Å². The summed E-state index contributed by atoms with van der Waals surface area (Å²) in [6.45, 7) is 4.00. The number of hydrogen-bond acceptors (Lipinski definition) is 5. The number of thiophene rings is 1. The summed E-state index contributed by atoms with van der Waals surface area (Å²) in [5.74, 6) is 0.154. The first-order valence-corrected chi connectivity index (χ1v) is 10.7. The molecular weight excluding hydrogens is 421 g/mol. The zero-order valence-corrected chi connectivity index (χ0v) is 18.0. The standard InChI is InChI=1S/C20H21Cl2NO4S/c1-3-26-20(25)18-13-6-4-11(2)8-16(13)28-19(18)23-17(24)10-27-15-7-5-12(21)9-14(15)22/h5,7,9,11H,3-4,6,8,10H2,1-2H3,(H,23,24)/t11-/m0/s1. The van der Waals surface area contributed by atoms with Crippen LogP contribution in [0.3, 0.4) is 0 Å². The molecule has 28 heavy (non-hydrogen) atoms. The maximum Gasteiger partial charge on any atom is 0.341 e. The quantitative estimate of drug-likeness (QED) is 0.611. The van der Waals surface area contributed by atoms with Gasteiger partial charge in [0.05, 0.1) is 17.2 Å². The highest BCUT2D eigenvalue weighted by atomic mass is 35.5. The van der Waals surface area contributed by atoms with Crippen molar-refractivity contribution in [3.8, 4) is 5.75 Å². The van der Waals surface area contributed by atoms with Gasteiger partial charge >= 0.3 is 5.97 Å². The first kappa shape index (κ1) is 21.0. The molecule has 0 fully saturated rings. The molecule has 1 aliphatic carbocycles. The van der Waals surface area contributed by atoms with Gasteiger partial charge in [0.15, 0.2) is 6.61 Å². The van der Waals surface area contributed by atoms with Crippen LogP contribution in [0.25, 0.3) is 0 Å². The number of carbonyl (C=O) groups is 2. The number of hydrogen-bond donors (Lipinski definition) is 1. The lowest BCUT2D eigenvalue weighted by Gasteiger charge is -2.18. The lowest BCUT2D eigenvalue weighted by Crippen LogP contribution is -2.21. The molecule has 0 spiro atoms. The molecule has 0 aliphatic heterocycles. The number of halogens is 2. The Morgan fingerprint density at radius 2 is 2.11 bits per heavy atom. The molecule has 0 radical (unpaired) electrons. The normalized spacial score (nSPS) is 15.6. The molecule has 1 heterocycles. The van der Waals surface area contributed by atoms with Crippen molar-refractivity contribution in [1.82, 2.24) is 0 Å². The van der Waals surface area contributed by atoms with Crippen LogP contribution in [0.2, 0.25) is 10.0 Å². The van der Waals surface area contributed by atoms with Gasteiger partial charge in [-0.05, 0) is 55.9 Å². The molecule has 0 saturated carbocycles. The van der Waals surface area contributed by atoms with Gasteiger partial charge in [0.2, 0.25) is 0 Å². The third-order valence-electron chi connectivity index (χ3n) is 4.50. The lowest BCUT2D eigenvalue weighted by molar-refractivity contribution is -0.118. The number of amides is 1. The second-order valence-electron chi connectivity index (χ2n) is 6.69. The van der Waals surface area contributed by atoms with E-state index in [4.69, 9.17) is 32.7 Å². The second-order valence-corrected chi connectivity index (χ2v) is 8.64. The Bertz CT molecular complexity index is 897. The summed E-state index contributed by atoms with van der Waals surface area (Å²) in [5, 5.41) is 4.14. The summed E-state index contributed by atoms with van der Waals surface area (Å²) in [6.07, 6.45) is 2.73. The van der Waals surface area contributed by atoms with Crippen LogP contribution in [-0.4, -0.2) is 25.1 Å². The fraction of sp³-hybridized carbons (Fsp3) is 0.400. The average Bonchev–Trinajstić information content (AvgIpc) is 2.97. The first-order valence-electron chi connectivity index (χ1n) is 9.08. The largest absolute Gasteiger partial charge is 0.482 e. The Labute approximate surface area is 177 Å². The molecule has 1 atom stereocenters. The Hall–Kier alpha value is -1.76. The Balaban J connectivity index is 1.75. The number of benzene rings is 1. The predicted octanol–water partition coefficient (Wildman–Crippen LogP) is 5.37. The molecule has 1 aliphatic rings. The van der Waals surface area contributed by atoms with E-state index in [0.717, 1.165) is 29.7 Å². The van der Waals surface area contributed by atoms with Crippen molar-refractivity contribution in [3.05, 3.63) is 44.2 Å². The zero-order chi connectivity index (χ0) is 20.3. The fourth-order valence-electron chi connectivity index (χ4n) is 3.16. The van der Waals surface area contributed by atoms with Crippen LogP contribution in [0.1, 0.15) is 41.1 Å². The van der Waals surface area contributed by atoms with Crippen LogP contribution in [0.5, 0.6) is 5.75 Å². The maximum atomic E-state index is 12.5. The molecule has 8 heteroatoms. The van der Waals surface area contributed by atoms with E-state index in [1.165, 1.54) is 11.3 Å². The molecule has 1 amide bonds.